The minimum Gasteiger partial charge on any atom is -0.482 e. The van der Waals surface area contributed by atoms with Crippen LogP contribution in [0.2, 0.25) is 10.0 Å². The summed E-state index contributed by atoms with van der Waals surface area (Å²) in [5.41, 5.74) is 0. The van der Waals surface area contributed by atoms with Crippen LogP contribution in [0.1, 0.15) is 19.8 Å². The van der Waals surface area contributed by atoms with Crippen LogP contribution in [0.5, 0.6) is 5.75 Å². The largest absolute Gasteiger partial charge is 0.482 e. The number of benzene rings is 1. The summed E-state index contributed by atoms with van der Waals surface area (Å²) < 4.78 is 5.39. The number of hydrogen-bond donors (Lipinski definition) is 1. The second-order valence-corrected chi connectivity index (χ2v) is 6.05. The Balaban J connectivity index is 1.75. The Morgan fingerprint density at radius 2 is 2.00 bits per heavy atom. The zero-order chi connectivity index (χ0) is 16.1. The number of amides is 2. The summed E-state index contributed by atoms with van der Waals surface area (Å²) in [5, 5.41) is 3.79. The summed E-state index contributed by atoms with van der Waals surface area (Å²) in [5.74, 6) is 0.297. The Morgan fingerprint density at radius 1 is 1.32 bits per heavy atom. The average molecular weight is 345 g/mol. The van der Waals surface area contributed by atoms with Gasteiger partial charge in [0.15, 0.2) is 6.61 Å². The van der Waals surface area contributed by atoms with Gasteiger partial charge < -0.3 is 15.0 Å². The molecule has 0 atom stereocenters. The van der Waals surface area contributed by atoms with Crippen molar-refractivity contribution in [1.82, 2.24) is 10.2 Å². The molecule has 0 radical (unpaired) electrons. The molecule has 1 fully saturated rings. The molecule has 0 aliphatic carbocycles. The number of nitrogens with one attached hydrogen (secondary N) is 1. The number of halogens is 2. The number of likely N-dealkylation sites (tertiary alicyclic amines) is 1. The Kier molecular flexibility index (Phi) is 5.91. The number of carbonyl (C=O) groups is 2. The minimum absolute atomic E-state index is 0.0745. The van der Waals surface area contributed by atoms with Gasteiger partial charge in [-0.1, -0.05) is 23.2 Å². The fraction of sp³-hybridized carbons (Fsp3) is 0.467. The summed E-state index contributed by atoms with van der Waals surface area (Å²) in [6, 6.07) is 4.92. The summed E-state index contributed by atoms with van der Waals surface area (Å²) in [4.78, 5) is 24.9. The van der Waals surface area contributed by atoms with E-state index in [4.69, 9.17) is 27.9 Å². The Morgan fingerprint density at radius 3 is 2.59 bits per heavy atom. The topological polar surface area (TPSA) is 58.6 Å². The van der Waals surface area contributed by atoms with E-state index in [9.17, 15) is 9.59 Å². The van der Waals surface area contributed by atoms with Gasteiger partial charge in [-0.2, -0.15) is 0 Å². The van der Waals surface area contributed by atoms with Crippen LogP contribution in [0.15, 0.2) is 18.2 Å². The first kappa shape index (κ1) is 16.9. The van der Waals surface area contributed by atoms with Crippen molar-refractivity contribution < 1.29 is 14.3 Å². The van der Waals surface area contributed by atoms with E-state index in [-0.39, 0.29) is 24.5 Å². The minimum atomic E-state index is -0.202. The Labute approximate surface area is 139 Å². The van der Waals surface area contributed by atoms with Gasteiger partial charge in [0.2, 0.25) is 5.91 Å². The predicted octanol–water partition coefficient (Wildman–Crippen LogP) is 2.50. The van der Waals surface area contributed by atoms with Crippen molar-refractivity contribution >= 4 is 35.0 Å². The van der Waals surface area contributed by atoms with Crippen molar-refractivity contribution in [1.29, 1.82) is 0 Å². The summed E-state index contributed by atoms with van der Waals surface area (Å²) >= 11 is 11.8. The van der Waals surface area contributed by atoms with Crippen LogP contribution < -0.4 is 10.1 Å². The molecule has 1 saturated heterocycles. The van der Waals surface area contributed by atoms with Crippen molar-refractivity contribution in [3.8, 4) is 5.75 Å². The molecule has 2 amide bonds. The SMILES string of the molecule is CC(=O)N1CCC(NC(=O)COc2ccc(Cl)cc2Cl)CC1. The van der Waals surface area contributed by atoms with E-state index >= 15 is 0 Å². The quantitative estimate of drug-likeness (QED) is 0.912. The van der Waals surface area contributed by atoms with Gasteiger partial charge >= 0.3 is 0 Å². The first-order valence-electron chi connectivity index (χ1n) is 7.08. The molecule has 0 aromatic heterocycles. The van der Waals surface area contributed by atoms with E-state index in [0.29, 0.717) is 28.9 Å². The highest BCUT2D eigenvalue weighted by Crippen LogP contribution is 2.27. The highest BCUT2D eigenvalue weighted by molar-refractivity contribution is 6.35. The molecule has 1 aliphatic rings. The van der Waals surface area contributed by atoms with Crippen molar-refractivity contribution in [2.45, 2.75) is 25.8 Å². The molecule has 22 heavy (non-hydrogen) atoms. The van der Waals surface area contributed by atoms with Crippen LogP contribution in [0.25, 0.3) is 0 Å². The van der Waals surface area contributed by atoms with Crippen LogP contribution in [-0.2, 0) is 9.59 Å². The molecular formula is C15H18Cl2N2O3. The molecular weight excluding hydrogens is 327 g/mol. The lowest BCUT2D eigenvalue weighted by molar-refractivity contribution is -0.130. The third-order valence-electron chi connectivity index (χ3n) is 3.56. The number of hydrogen-bond acceptors (Lipinski definition) is 3. The molecule has 1 N–H and O–H groups in total. The maximum atomic E-state index is 11.9. The van der Waals surface area contributed by atoms with E-state index in [0.717, 1.165) is 12.8 Å². The van der Waals surface area contributed by atoms with Crippen LogP contribution in [0.4, 0.5) is 0 Å². The fourth-order valence-electron chi connectivity index (χ4n) is 2.34. The smallest absolute Gasteiger partial charge is 0.258 e. The molecule has 0 unspecified atom stereocenters. The third-order valence-corrected chi connectivity index (χ3v) is 4.09. The number of rotatable bonds is 4. The van der Waals surface area contributed by atoms with E-state index in [1.54, 1.807) is 30.0 Å². The molecule has 1 aliphatic heterocycles. The lowest BCUT2D eigenvalue weighted by atomic mass is 10.1. The maximum absolute atomic E-state index is 11.9. The maximum Gasteiger partial charge on any atom is 0.258 e. The van der Waals surface area contributed by atoms with Crippen LogP contribution in [0, 0.1) is 0 Å². The lowest BCUT2D eigenvalue weighted by Gasteiger charge is -2.31. The number of piperidine rings is 1. The lowest BCUT2D eigenvalue weighted by Crippen LogP contribution is -2.47. The van der Waals surface area contributed by atoms with Gasteiger partial charge in [0.25, 0.3) is 5.91 Å². The molecule has 1 aromatic carbocycles. The molecule has 0 saturated carbocycles. The third kappa shape index (κ3) is 4.78. The van der Waals surface area contributed by atoms with Gasteiger partial charge in [-0.15, -0.1) is 0 Å². The predicted molar refractivity (Wildman–Crippen MR) is 85.4 cm³/mol. The van der Waals surface area contributed by atoms with Crippen molar-refractivity contribution in [3.05, 3.63) is 28.2 Å². The molecule has 120 valence electrons. The first-order chi connectivity index (χ1) is 10.5. The molecule has 2 rings (SSSR count). The van der Waals surface area contributed by atoms with Crippen LogP contribution in [-0.4, -0.2) is 42.5 Å². The summed E-state index contributed by atoms with van der Waals surface area (Å²) in [7, 11) is 0. The van der Waals surface area contributed by atoms with Gasteiger partial charge in [0.1, 0.15) is 5.75 Å². The number of ether oxygens (including phenoxy) is 1. The zero-order valence-corrected chi connectivity index (χ0v) is 13.8. The molecule has 1 aromatic rings. The molecule has 0 bridgehead atoms. The molecule has 0 spiro atoms. The summed E-state index contributed by atoms with van der Waals surface area (Å²) in [6.07, 6.45) is 1.51. The van der Waals surface area contributed by atoms with Crippen molar-refractivity contribution in [2.75, 3.05) is 19.7 Å². The van der Waals surface area contributed by atoms with Gasteiger partial charge in [-0.05, 0) is 31.0 Å². The monoisotopic (exact) mass is 344 g/mol. The second-order valence-electron chi connectivity index (χ2n) is 5.21. The number of carbonyl (C=O) groups excluding carboxylic acids is 2. The Bertz CT molecular complexity index is 558. The first-order valence-corrected chi connectivity index (χ1v) is 7.84. The standard InChI is InChI=1S/C15H18Cl2N2O3/c1-10(20)19-6-4-12(5-7-19)18-15(21)9-22-14-3-2-11(16)8-13(14)17/h2-3,8,12H,4-7,9H2,1H3,(H,18,21). The van der Waals surface area contributed by atoms with E-state index in [2.05, 4.69) is 5.32 Å². The van der Waals surface area contributed by atoms with E-state index in [1.165, 1.54) is 0 Å². The molecule has 7 heteroatoms. The molecule has 5 nitrogen and oxygen atoms in total. The van der Waals surface area contributed by atoms with E-state index < -0.39 is 0 Å². The van der Waals surface area contributed by atoms with Gasteiger partial charge in [-0.3, -0.25) is 9.59 Å². The van der Waals surface area contributed by atoms with Gasteiger partial charge in [0.05, 0.1) is 5.02 Å². The Hall–Kier alpha value is -1.46. The van der Waals surface area contributed by atoms with Crippen molar-refractivity contribution in [3.63, 3.8) is 0 Å². The average Bonchev–Trinajstić information content (AvgIpc) is 2.47. The fourth-order valence-corrected chi connectivity index (χ4v) is 2.81. The van der Waals surface area contributed by atoms with Gasteiger partial charge in [-0.25, -0.2) is 0 Å². The molecule has 1 heterocycles. The van der Waals surface area contributed by atoms with Crippen LogP contribution >= 0.6 is 23.2 Å². The highest BCUT2D eigenvalue weighted by Gasteiger charge is 2.22. The highest BCUT2D eigenvalue weighted by atomic mass is 35.5. The number of nitrogens with zero attached hydrogens (tertiary/aromatic N) is 1. The normalized spacial score (nSPS) is 15.5. The van der Waals surface area contributed by atoms with Crippen molar-refractivity contribution in [2.24, 2.45) is 0 Å². The second kappa shape index (κ2) is 7.70. The van der Waals surface area contributed by atoms with Crippen LogP contribution in [0.3, 0.4) is 0 Å². The van der Waals surface area contributed by atoms with Gasteiger partial charge in [0, 0.05) is 31.1 Å². The summed E-state index contributed by atoms with van der Waals surface area (Å²) in [6.45, 7) is 2.80. The van der Waals surface area contributed by atoms with E-state index in [1.807, 2.05) is 0 Å². The zero-order valence-electron chi connectivity index (χ0n) is 12.3.